The van der Waals surface area contributed by atoms with Crippen LogP contribution in [0.1, 0.15) is 23.7 Å². The fourth-order valence-electron chi connectivity index (χ4n) is 2.52. The lowest BCUT2D eigenvalue weighted by molar-refractivity contribution is -0.122. The third kappa shape index (κ3) is 3.43. The van der Waals surface area contributed by atoms with E-state index in [1.165, 1.54) is 6.92 Å². The highest BCUT2D eigenvalue weighted by molar-refractivity contribution is 6.06. The monoisotopic (exact) mass is 323 g/mol. The minimum atomic E-state index is -0.628. The van der Waals surface area contributed by atoms with Crippen LogP contribution in [-0.2, 0) is 9.59 Å². The number of ketones is 1. The van der Waals surface area contributed by atoms with Crippen LogP contribution in [0.25, 0.3) is 0 Å². The van der Waals surface area contributed by atoms with Crippen molar-refractivity contribution in [2.24, 2.45) is 0 Å². The molecule has 0 spiro atoms. The van der Waals surface area contributed by atoms with Gasteiger partial charge in [-0.1, -0.05) is 12.1 Å². The Balaban J connectivity index is 1.63. The number of fused-ring (bicyclic) bond motifs is 1. The molecule has 0 bridgehead atoms. The van der Waals surface area contributed by atoms with Gasteiger partial charge in [0.25, 0.3) is 0 Å². The number of rotatable bonds is 4. The van der Waals surface area contributed by atoms with Gasteiger partial charge in [0.05, 0.1) is 17.8 Å². The van der Waals surface area contributed by atoms with Crippen LogP contribution in [-0.4, -0.2) is 23.6 Å². The maximum atomic E-state index is 12.2. The second-order valence-corrected chi connectivity index (χ2v) is 5.62. The first-order valence-corrected chi connectivity index (χ1v) is 7.60. The molecule has 1 aliphatic rings. The maximum absolute atomic E-state index is 12.2. The molecule has 0 radical (unpaired) electrons. The van der Waals surface area contributed by atoms with Gasteiger partial charge in [-0.15, -0.1) is 0 Å². The molecule has 3 rings (SSSR count). The molecule has 3 N–H and O–H groups in total. The van der Waals surface area contributed by atoms with Crippen molar-refractivity contribution >= 4 is 34.7 Å². The van der Waals surface area contributed by atoms with E-state index in [0.29, 0.717) is 16.9 Å². The highest BCUT2D eigenvalue weighted by Gasteiger charge is 2.27. The SMILES string of the molecule is CC(=O)c1ccc(NC(=O)C[C@H]2Nc3ccccc3NC2=O)cc1. The van der Waals surface area contributed by atoms with Crippen LogP contribution in [0.3, 0.4) is 0 Å². The quantitative estimate of drug-likeness (QED) is 0.755. The largest absolute Gasteiger partial charge is 0.372 e. The minimum Gasteiger partial charge on any atom is -0.372 e. The molecule has 6 nitrogen and oxygen atoms in total. The van der Waals surface area contributed by atoms with Crippen molar-refractivity contribution in [3.05, 3.63) is 54.1 Å². The van der Waals surface area contributed by atoms with E-state index in [-0.39, 0.29) is 24.0 Å². The number of nitrogens with one attached hydrogen (secondary N) is 3. The van der Waals surface area contributed by atoms with Crippen molar-refractivity contribution in [1.82, 2.24) is 0 Å². The first kappa shape index (κ1) is 15.7. The molecule has 0 aromatic heterocycles. The zero-order valence-electron chi connectivity index (χ0n) is 13.1. The van der Waals surface area contributed by atoms with E-state index in [4.69, 9.17) is 0 Å². The maximum Gasteiger partial charge on any atom is 0.247 e. The Hall–Kier alpha value is -3.15. The summed E-state index contributed by atoms with van der Waals surface area (Å²) in [5.74, 6) is -0.553. The fraction of sp³-hybridized carbons (Fsp3) is 0.167. The van der Waals surface area contributed by atoms with E-state index in [9.17, 15) is 14.4 Å². The summed E-state index contributed by atoms with van der Waals surface area (Å²) >= 11 is 0. The summed E-state index contributed by atoms with van der Waals surface area (Å²) in [6, 6.07) is 13.3. The summed E-state index contributed by atoms with van der Waals surface area (Å²) < 4.78 is 0. The van der Waals surface area contributed by atoms with Crippen LogP contribution < -0.4 is 16.0 Å². The molecular formula is C18H17N3O3. The van der Waals surface area contributed by atoms with Crippen LogP contribution in [0.4, 0.5) is 17.1 Å². The lowest BCUT2D eigenvalue weighted by Gasteiger charge is -2.26. The number of amides is 2. The van der Waals surface area contributed by atoms with Crippen LogP contribution in [0, 0.1) is 0 Å². The zero-order chi connectivity index (χ0) is 17.1. The van der Waals surface area contributed by atoms with E-state index in [1.807, 2.05) is 18.2 Å². The van der Waals surface area contributed by atoms with E-state index < -0.39 is 6.04 Å². The van der Waals surface area contributed by atoms with E-state index >= 15 is 0 Å². The summed E-state index contributed by atoms with van der Waals surface area (Å²) in [7, 11) is 0. The molecule has 0 saturated carbocycles. The predicted molar refractivity (Wildman–Crippen MR) is 92.2 cm³/mol. The number of carbonyl (C=O) groups is 3. The minimum absolute atomic E-state index is 0.00856. The molecule has 2 amide bonds. The van der Waals surface area contributed by atoms with Gasteiger partial charge in [-0.25, -0.2) is 0 Å². The van der Waals surface area contributed by atoms with Gasteiger partial charge in [-0.05, 0) is 43.3 Å². The van der Waals surface area contributed by atoms with Gasteiger partial charge in [-0.3, -0.25) is 14.4 Å². The first-order chi connectivity index (χ1) is 11.5. The molecule has 1 atom stereocenters. The van der Waals surface area contributed by atoms with Gasteiger partial charge in [0.2, 0.25) is 11.8 Å². The topological polar surface area (TPSA) is 87.3 Å². The molecule has 122 valence electrons. The predicted octanol–water partition coefficient (Wildman–Crippen LogP) is 2.65. The van der Waals surface area contributed by atoms with Gasteiger partial charge in [0.15, 0.2) is 5.78 Å². The number of hydrogen-bond donors (Lipinski definition) is 3. The van der Waals surface area contributed by atoms with Crippen molar-refractivity contribution in [3.8, 4) is 0 Å². The van der Waals surface area contributed by atoms with Gasteiger partial charge in [0, 0.05) is 11.3 Å². The summed E-state index contributed by atoms with van der Waals surface area (Å²) in [4.78, 5) is 35.5. The second-order valence-electron chi connectivity index (χ2n) is 5.62. The second kappa shape index (κ2) is 6.54. The molecule has 0 saturated heterocycles. The third-order valence-corrected chi connectivity index (χ3v) is 3.80. The summed E-state index contributed by atoms with van der Waals surface area (Å²) in [6.45, 7) is 1.48. The van der Waals surface area contributed by atoms with E-state index in [1.54, 1.807) is 30.3 Å². The van der Waals surface area contributed by atoms with Crippen molar-refractivity contribution in [1.29, 1.82) is 0 Å². The fourth-order valence-corrected chi connectivity index (χ4v) is 2.52. The Morgan fingerprint density at radius 3 is 2.38 bits per heavy atom. The highest BCUT2D eigenvalue weighted by Crippen LogP contribution is 2.26. The van der Waals surface area contributed by atoms with Crippen LogP contribution in [0.2, 0.25) is 0 Å². The lowest BCUT2D eigenvalue weighted by atomic mass is 10.1. The smallest absolute Gasteiger partial charge is 0.247 e. The Bertz CT molecular complexity index is 799. The lowest BCUT2D eigenvalue weighted by Crippen LogP contribution is -2.41. The molecular weight excluding hydrogens is 306 g/mol. The summed E-state index contributed by atoms with van der Waals surface area (Å²) in [6.07, 6.45) is 0.00856. The Morgan fingerprint density at radius 1 is 1.04 bits per heavy atom. The standard InChI is InChI=1S/C18H17N3O3/c1-11(22)12-6-8-13(9-7-12)19-17(23)10-16-18(24)21-15-5-3-2-4-14(15)20-16/h2-9,16,20H,10H2,1H3,(H,19,23)(H,21,24)/t16-/m1/s1. The van der Waals surface area contributed by atoms with Gasteiger partial charge in [-0.2, -0.15) is 0 Å². The van der Waals surface area contributed by atoms with Crippen LogP contribution in [0.5, 0.6) is 0 Å². The molecule has 24 heavy (non-hydrogen) atoms. The first-order valence-electron chi connectivity index (χ1n) is 7.60. The summed E-state index contributed by atoms with van der Waals surface area (Å²) in [5, 5.41) is 8.58. The molecule has 1 heterocycles. The molecule has 2 aromatic carbocycles. The molecule has 0 unspecified atom stereocenters. The van der Waals surface area contributed by atoms with E-state index in [0.717, 1.165) is 5.69 Å². The number of Topliss-reactive ketones (excluding diaryl/α,β-unsaturated/α-hetero) is 1. The average Bonchev–Trinajstić information content (AvgIpc) is 2.56. The number of hydrogen-bond acceptors (Lipinski definition) is 4. The Labute approximate surface area is 139 Å². The van der Waals surface area contributed by atoms with E-state index in [2.05, 4.69) is 16.0 Å². The number of carbonyl (C=O) groups excluding carboxylic acids is 3. The number of para-hydroxylation sites is 2. The molecule has 2 aromatic rings. The molecule has 0 aliphatic carbocycles. The molecule has 1 aliphatic heterocycles. The van der Waals surface area contributed by atoms with Crippen molar-refractivity contribution in [3.63, 3.8) is 0 Å². The van der Waals surface area contributed by atoms with Crippen LogP contribution >= 0.6 is 0 Å². The normalized spacial score (nSPS) is 15.7. The Kier molecular flexibility index (Phi) is 4.29. The Morgan fingerprint density at radius 2 is 1.71 bits per heavy atom. The van der Waals surface area contributed by atoms with Gasteiger partial charge >= 0.3 is 0 Å². The van der Waals surface area contributed by atoms with Crippen molar-refractivity contribution < 1.29 is 14.4 Å². The zero-order valence-corrected chi connectivity index (χ0v) is 13.1. The number of benzene rings is 2. The summed E-state index contributed by atoms with van der Waals surface area (Å²) in [5.41, 5.74) is 2.67. The molecule has 6 heteroatoms. The third-order valence-electron chi connectivity index (χ3n) is 3.80. The molecule has 0 fully saturated rings. The van der Waals surface area contributed by atoms with Crippen molar-refractivity contribution in [2.75, 3.05) is 16.0 Å². The average molecular weight is 323 g/mol. The van der Waals surface area contributed by atoms with Crippen molar-refractivity contribution in [2.45, 2.75) is 19.4 Å². The highest BCUT2D eigenvalue weighted by atomic mass is 16.2. The van der Waals surface area contributed by atoms with Gasteiger partial charge < -0.3 is 16.0 Å². The van der Waals surface area contributed by atoms with Crippen LogP contribution in [0.15, 0.2) is 48.5 Å². The number of anilines is 3. The van der Waals surface area contributed by atoms with Gasteiger partial charge in [0.1, 0.15) is 6.04 Å².